The topological polar surface area (TPSA) is 34.1 Å². The molecule has 0 aromatic heterocycles. The molecule has 0 heterocycles. The van der Waals surface area contributed by atoms with Crippen molar-refractivity contribution in [3.63, 3.8) is 0 Å². The predicted octanol–water partition coefficient (Wildman–Crippen LogP) is 2.89. The Labute approximate surface area is 106 Å². The van der Waals surface area contributed by atoms with E-state index in [4.69, 9.17) is 0 Å². The van der Waals surface area contributed by atoms with Crippen LogP contribution in [0.1, 0.15) is 38.7 Å². The molecule has 1 aromatic carbocycles. The van der Waals surface area contributed by atoms with Gasteiger partial charge in [0.1, 0.15) is 10.7 Å². The zero-order valence-corrected chi connectivity index (χ0v) is 11.2. The van der Waals surface area contributed by atoms with Crippen molar-refractivity contribution in [1.29, 1.82) is 0 Å². The molecule has 2 rings (SSSR count). The van der Waals surface area contributed by atoms with Gasteiger partial charge in [0.15, 0.2) is 0 Å². The van der Waals surface area contributed by atoms with Crippen molar-refractivity contribution in [3.8, 4) is 0 Å². The van der Waals surface area contributed by atoms with E-state index in [-0.39, 0.29) is 7.18 Å². The van der Waals surface area contributed by atoms with Crippen molar-refractivity contribution >= 4 is 10.7 Å². The van der Waals surface area contributed by atoms with E-state index < -0.39 is 10.7 Å². The molecule has 0 bridgehead atoms. The average Bonchev–Trinajstić information content (AvgIpc) is 2.66. The van der Waals surface area contributed by atoms with Gasteiger partial charge in [-0.2, -0.15) is 0 Å². The second-order valence-electron chi connectivity index (χ2n) is 5.30. The Hall–Kier alpha value is -0.830. The molecule has 1 aliphatic rings. The van der Waals surface area contributed by atoms with Crippen LogP contribution in [0.2, 0.25) is 0 Å². The van der Waals surface area contributed by atoms with Crippen LogP contribution in [0.5, 0.6) is 0 Å². The van der Waals surface area contributed by atoms with Crippen LogP contribution in [0.25, 0.3) is 0 Å². The SMILES string of the molecule is CC1CCC(Cc2ccc(C[SH](=O)=O)cc2)C1.[H+]. The standard InChI is InChI=1S/C14H20O2S/c1-11-2-3-14(8-11)9-12-4-6-13(7-5-12)10-17(15)16/h4-7,11,14,17H,2-3,8-10H2,1H3/p+1. The summed E-state index contributed by atoms with van der Waals surface area (Å²) in [5, 5.41) is 0. The number of benzene rings is 1. The molecule has 17 heavy (non-hydrogen) atoms. The van der Waals surface area contributed by atoms with Crippen molar-refractivity contribution in [2.75, 3.05) is 0 Å². The van der Waals surface area contributed by atoms with Crippen molar-refractivity contribution in [3.05, 3.63) is 35.4 Å². The predicted molar refractivity (Wildman–Crippen MR) is 71.8 cm³/mol. The molecule has 94 valence electrons. The molecule has 0 radical (unpaired) electrons. The lowest BCUT2D eigenvalue weighted by atomic mass is 9.96. The first-order valence-electron chi connectivity index (χ1n) is 6.33. The van der Waals surface area contributed by atoms with Crippen LogP contribution in [0, 0.1) is 11.8 Å². The Bertz CT molecular complexity index is 432. The zero-order valence-electron chi connectivity index (χ0n) is 11.3. The van der Waals surface area contributed by atoms with Crippen LogP contribution in [0.15, 0.2) is 24.3 Å². The lowest BCUT2D eigenvalue weighted by Gasteiger charge is -2.09. The minimum Gasteiger partial charge on any atom is -0.232 e. The number of hydrogen-bond acceptors (Lipinski definition) is 2. The number of thiol groups is 1. The monoisotopic (exact) mass is 253 g/mol. The van der Waals surface area contributed by atoms with Gasteiger partial charge in [0, 0.05) is 0 Å². The molecule has 2 nitrogen and oxygen atoms in total. The van der Waals surface area contributed by atoms with Gasteiger partial charge >= 0.3 is 1.43 Å². The molecule has 1 aliphatic carbocycles. The fraction of sp³-hybridized carbons (Fsp3) is 0.571. The zero-order chi connectivity index (χ0) is 12.3. The third-order valence-corrected chi connectivity index (χ3v) is 4.29. The Morgan fingerprint density at radius 1 is 1.18 bits per heavy atom. The van der Waals surface area contributed by atoms with Crippen molar-refractivity contribution in [1.82, 2.24) is 0 Å². The Morgan fingerprint density at radius 2 is 1.82 bits per heavy atom. The molecular weight excluding hydrogens is 232 g/mol. The highest BCUT2D eigenvalue weighted by atomic mass is 32.2. The average molecular weight is 253 g/mol. The van der Waals surface area contributed by atoms with Crippen LogP contribution < -0.4 is 0 Å². The Kier molecular flexibility index (Phi) is 4.21. The van der Waals surface area contributed by atoms with Gasteiger partial charge in [-0.1, -0.05) is 37.6 Å². The van der Waals surface area contributed by atoms with E-state index in [1.165, 1.54) is 24.8 Å². The molecule has 2 atom stereocenters. The first-order chi connectivity index (χ1) is 8.13. The molecule has 1 saturated carbocycles. The summed E-state index contributed by atoms with van der Waals surface area (Å²) < 4.78 is 21.2. The Morgan fingerprint density at radius 3 is 2.35 bits per heavy atom. The normalized spacial score (nSPS) is 24.4. The smallest absolute Gasteiger partial charge is 0.232 e. The van der Waals surface area contributed by atoms with Crippen molar-refractivity contribution in [2.24, 2.45) is 11.8 Å². The molecule has 1 aromatic rings. The highest BCUT2D eigenvalue weighted by Crippen LogP contribution is 2.32. The quantitative estimate of drug-likeness (QED) is 0.837. The minimum absolute atomic E-state index is 0. The maximum atomic E-state index is 10.6. The molecule has 0 saturated heterocycles. The summed E-state index contributed by atoms with van der Waals surface area (Å²) in [6.45, 7) is 2.33. The van der Waals surface area contributed by atoms with Gasteiger partial charge < -0.3 is 0 Å². The largest absolute Gasteiger partial charge is 1.00 e. The molecule has 0 spiro atoms. The first kappa shape index (κ1) is 12.6. The summed E-state index contributed by atoms with van der Waals surface area (Å²) in [6, 6.07) is 8.05. The fourth-order valence-corrected chi connectivity index (χ4v) is 3.28. The highest BCUT2D eigenvalue weighted by molar-refractivity contribution is 7.71. The van der Waals surface area contributed by atoms with E-state index in [9.17, 15) is 8.42 Å². The molecule has 3 heteroatoms. The van der Waals surface area contributed by atoms with Crippen LogP contribution >= 0.6 is 0 Å². The third-order valence-electron chi connectivity index (χ3n) is 3.66. The van der Waals surface area contributed by atoms with Crippen molar-refractivity contribution in [2.45, 2.75) is 38.4 Å². The highest BCUT2D eigenvalue weighted by Gasteiger charge is 2.21. The van der Waals surface area contributed by atoms with Crippen molar-refractivity contribution < 1.29 is 9.84 Å². The van der Waals surface area contributed by atoms with Crippen LogP contribution in [0.4, 0.5) is 0 Å². The maximum Gasteiger partial charge on any atom is 1.00 e. The lowest BCUT2D eigenvalue weighted by Crippen LogP contribution is -2.00. The fourth-order valence-electron chi connectivity index (χ4n) is 2.77. The molecular formula is C14H21O2S+. The summed E-state index contributed by atoms with van der Waals surface area (Å²) in [4.78, 5) is 0. The third kappa shape index (κ3) is 3.84. The van der Waals surface area contributed by atoms with Gasteiger partial charge in [-0.3, -0.25) is 0 Å². The van der Waals surface area contributed by atoms with Gasteiger partial charge in [-0.05, 0) is 42.2 Å². The summed E-state index contributed by atoms with van der Waals surface area (Å²) >= 11 is 0. The van der Waals surface area contributed by atoms with Crippen LogP contribution in [-0.2, 0) is 22.9 Å². The molecule has 0 N–H and O–H groups in total. The van der Waals surface area contributed by atoms with Gasteiger partial charge in [0.05, 0.1) is 5.75 Å². The van der Waals surface area contributed by atoms with E-state index in [1.54, 1.807) is 0 Å². The maximum absolute atomic E-state index is 10.6. The summed E-state index contributed by atoms with van der Waals surface area (Å²) in [7, 11) is -2.31. The van der Waals surface area contributed by atoms with Crippen LogP contribution in [0.3, 0.4) is 0 Å². The minimum atomic E-state index is -2.31. The molecule has 2 unspecified atom stereocenters. The van der Waals surface area contributed by atoms with E-state index in [0.717, 1.165) is 23.8 Å². The molecule has 0 aliphatic heterocycles. The van der Waals surface area contributed by atoms with E-state index >= 15 is 0 Å². The summed E-state index contributed by atoms with van der Waals surface area (Å²) in [5.41, 5.74) is 2.23. The second kappa shape index (κ2) is 5.67. The first-order valence-corrected chi connectivity index (χ1v) is 7.69. The lowest BCUT2D eigenvalue weighted by molar-refractivity contribution is 0.513. The van der Waals surface area contributed by atoms with Gasteiger partial charge in [0.25, 0.3) is 0 Å². The Balaban J connectivity index is 0.00000162. The molecule has 1 fully saturated rings. The van der Waals surface area contributed by atoms with Gasteiger partial charge in [-0.25, -0.2) is 8.42 Å². The van der Waals surface area contributed by atoms with Gasteiger partial charge in [0.2, 0.25) is 0 Å². The van der Waals surface area contributed by atoms with E-state index in [2.05, 4.69) is 19.1 Å². The summed E-state index contributed by atoms with van der Waals surface area (Å²) in [5.74, 6) is 1.87. The second-order valence-corrected chi connectivity index (χ2v) is 6.28. The van der Waals surface area contributed by atoms with E-state index in [1.807, 2.05) is 12.1 Å². The number of hydrogen-bond donors (Lipinski definition) is 1. The van der Waals surface area contributed by atoms with Gasteiger partial charge in [-0.15, -0.1) is 0 Å². The van der Waals surface area contributed by atoms with Crippen LogP contribution in [-0.4, -0.2) is 8.42 Å². The van der Waals surface area contributed by atoms with E-state index in [0.29, 0.717) is 0 Å². The number of rotatable bonds is 4. The molecule has 0 amide bonds. The summed E-state index contributed by atoms with van der Waals surface area (Å²) in [6.07, 6.45) is 5.19.